The molecule has 1 atom stereocenters. The smallest absolute Gasteiger partial charge is 0.251 e. The van der Waals surface area contributed by atoms with Crippen molar-refractivity contribution in [1.29, 1.82) is 0 Å². The summed E-state index contributed by atoms with van der Waals surface area (Å²) < 4.78 is 5.55. The van der Waals surface area contributed by atoms with Gasteiger partial charge in [0.1, 0.15) is 0 Å². The molecule has 3 N–H and O–H groups in total. The lowest BCUT2D eigenvalue weighted by molar-refractivity contribution is 0.0179. The Morgan fingerprint density at radius 3 is 2.59 bits per heavy atom. The first kappa shape index (κ1) is 23.8. The summed E-state index contributed by atoms with van der Waals surface area (Å²) in [5, 5.41) is 9.46. The summed E-state index contributed by atoms with van der Waals surface area (Å²) >= 11 is 0. The van der Waals surface area contributed by atoms with Crippen LogP contribution in [-0.4, -0.2) is 69.8 Å². The zero-order valence-electron chi connectivity index (χ0n) is 19.1. The summed E-state index contributed by atoms with van der Waals surface area (Å²) in [6.45, 7) is 7.64. The molecule has 1 fully saturated rings. The van der Waals surface area contributed by atoms with Crippen molar-refractivity contribution in [2.24, 2.45) is 4.99 Å². The van der Waals surface area contributed by atoms with E-state index in [-0.39, 0.29) is 11.9 Å². The summed E-state index contributed by atoms with van der Waals surface area (Å²) in [5.41, 5.74) is 3.08. The molecule has 7 heteroatoms. The SMILES string of the molecule is CCNC(=NCC(c1ccccc1)N1CCOCC1)NCCc1cccc(C(=O)NC)c1. The van der Waals surface area contributed by atoms with Crippen LogP contribution in [0.2, 0.25) is 0 Å². The number of aliphatic imine (C=N–C) groups is 1. The minimum atomic E-state index is -0.0650. The van der Waals surface area contributed by atoms with Gasteiger partial charge in [0.05, 0.1) is 25.8 Å². The lowest BCUT2D eigenvalue weighted by Gasteiger charge is -2.34. The molecule has 0 radical (unpaired) electrons. The topological polar surface area (TPSA) is 78.0 Å². The number of hydrogen-bond donors (Lipinski definition) is 3. The largest absolute Gasteiger partial charge is 0.379 e. The van der Waals surface area contributed by atoms with Crippen LogP contribution in [0.3, 0.4) is 0 Å². The fourth-order valence-electron chi connectivity index (χ4n) is 3.85. The molecular weight excluding hydrogens is 402 g/mol. The number of hydrogen-bond acceptors (Lipinski definition) is 4. The molecule has 1 aliphatic heterocycles. The lowest BCUT2D eigenvalue weighted by atomic mass is 10.0. The normalized spacial score (nSPS) is 15.8. The average Bonchev–Trinajstić information content (AvgIpc) is 2.85. The van der Waals surface area contributed by atoms with E-state index in [1.54, 1.807) is 7.05 Å². The van der Waals surface area contributed by atoms with Crippen molar-refractivity contribution in [3.8, 4) is 0 Å². The zero-order chi connectivity index (χ0) is 22.6. The van der Waals surface area contributed by atoms with Crippen LogP contribution < -0.4 is 16.0 Å². The van der Waals surface area contributed by atoms with E-state index in [0.29, 0.717) is 12.1 Å². The van der Waals surface area contributed by atoms with E-state index < -0.39 is 0 Å². The van der Waals surface area contributed by atoms with Crippen molar-refractivity contribution < 1.29 is 9.53 Å². The van der Waals surface area contributed by atoms with E-state index in [4.69, 9.17) is 9.73 Å². The Labute approximate surface area is 191 Å². The van der Waals surface area contributed by atoms with Crippen LogP contribution >= 0.6 is 0 Å². The molecule has 3 rings (SSSR count). The Kier molecular flexibility index (Phi) is 9.53. The quantitative estimate of drug-likeness (QED) is 0.414. The maximum absolute atomic E-state index is 11.9. The number of amides is 1. The van der Waals surface area contributed by atoms with Crippen LogP contribution in [0.15, 0.2) is 59.6 Å². The van der Waals surface area contributed by atoms with E-state index in [0.717, 1.165) is 57.3 Å². The average molecular weight is 438 g/mol. The lowest BCUT2D eigenvalue weighted by Crippen LogP contribution is -2.42. The van der Waals surface area contributed by atoms with Crippen LogP contribution in [0.4, 0.5) is 0 Å². The van der Waals surface area contributed by atoms with Crippen molar-refractivity contribution in [2.75, 3.05) is 53.0 Å². The van der Waals surface area contributed by atoms with Crippen molar-refractivity contribution in [1.82, 2.24) is 20.9 Å². The molecule has 0 aliphatic carbocycles. The predicted molar refractivity (Wildman–Crippen MR) is 129 cm³/mol. The van der Waals surface area contributed by atoms with Crippen molar-refractivity contribution in [3.63, 3.8) is 0 Å². The first-order valence-corrected chi connectivity index (χ1v) is 11.4. The highest BCUT2D eigenvalue weighted by Crippen LogP contribution is 2.22. The molecule has 2 aromatic rings. The van der Waals surface area contributed by atoms with Gasteiger partial charge in [-0.1, -0.05) is 42.5 Å². The van der Waals surface area contributed by atoms with E-state index in [2.05, 4.69) is 52.0 Å². The van der Waals surface area contributed by atoms with Gasteiger partial charge in [0.15, 0.2) is 5.96 Å². The molecule has 172 valence electrons. The molecule has 32 heavy (non-hydrogen) atoms. The molecule has 2 aromatic carbocycles. The summed E-state index contributed by atoms with van der Waals surface area (Å²) in [7, 11) is 1.65. The van der Waals surface area contributed by atoms with Crippen molar-refractivity contribution >= 4 is 11.9 Å². The van der Waals surface area contributed by atoms with Gasteiger partial charge in [-0.3, -0.25) is 14.7 Å². The monoisotopic (exact) mass is 437 g/mol. The second kappa shape index (κ2) is 12.8. The van der Waals surface area contributed by atoms with Gasteiger partial charge >= 0.3 is 0 Å². The summed E-state index contributed by atoms with van der Waals surface area (Å²) in [6, 6.07) is 18.5. The van der Waals surface area contributed by atoms with Crippen LogP contribution in [0.5, 0.6) is 0 Å². The molecule has 0 spiro atoms. The van der Waals surface area contributed by atoms with Gasteiger partial charge in [-0.2, -0.15) is 0 Å². The number of benzene rings is 2. The zero-order valence-corrected chi connectivity index (χ0v) is 19.1. The van der Waals surface area contributed by atoms with Crippen LogP contribution in [0.1, 0.15) is 34.5 Å². The number of carbonyl (C=O) groups excluding carboxylic acids is 1. The van der Waals surface area contributed by atoms with E-state index in [9.17, 15) is 4.79 Å². The Bertz CT molecular complexity index is 866. The molecule has 0 saturated carbocycles. The first-order valence-electron chi connectivity index (χ1n) is 11.4. The Balaban J connectivity index is 1.63. The summed E-state index contributed by atoms with van der Waals surface area (Å²) in [5.74, 6) is 0.744. The Morgan fingerprint density at radius 1 is 1.09 bits per heavy atom. The molecule has 1 amide bonds. The minimum absolute atomic E-state index is 0.0650. The predicted octanol–water partition coefficient (Wildman–Crippen LogP) is 2.22. The van der Waals surface area contributed by atoms with Crippen LogP contribution in [0.25, 0.3) is 0 Å². The number of nitrogens with one attached hydrogen (secondary N) is 3. The number of morpholine rings is 1. The van der Waals surface area contributed by atoms with Gasteiger partial charge in [0, 0.05) is 38.8 Å². The second-order valence-corrected chi connectivity index (χ2v) is 7.75. The first-order chi connectivity index (χ1) is 15.7. The third kappa shape index (κ3) is 7.07. The molecule has 1 unspecified atom stereocenters. The molecule has 1 heterocycles. The van der Waals surface area contributed by atoms with Gasteiger partial charge in [0.25, 0.3) is 5.91 Å². The Morgan fingerprint density at radius 2 is 1.88 bits per heavy atom. The van der Waals surface area contributed by atoms with Gasteiger partial charge < -0.3 is 20.7 Å². The van der Waals surface area contributed by atoms with Gasteiger partial charge in [-0.15, -0.1) is 0 Å². The highest BCUT2D eigenvalue weighted by atomic mass is 16.5. The fourth-order valence-corrected chi connectivity index (χ4v) is 3.85. The van der Waals surface area contributed by atoms with Crippen molar-refractivity contribution in [2.45, 2.75) is 19.4 Å². The van der Waals surface area contributed by atoms with Gasteiger partial charge in [-0.05, 0) is 36.6 Å². The molecule has 1 aliphatic rings. The molecular formula is C25H35N5O2. The fraction of sp³-hybridized carbons (Fsp3) is 0.440. The maximum Gasteiger partial charge on any atom is 0.251 e. The van der Waals surface area contributed by atoms with Gasteiger partial charge in [0.2, 0.25) is 0 Å². The molecule has 1 saturated heterocycles. The minimum Gasteiger partial charge on any atom is -0.379 e. The number of nitrogens with zero attached hydrogens (tertiary/aromatic N) is 2. The highest BCUT2D eigenvalue weighted by molar-refractivity contribution is 5.94. The number of ether oxygens (including phenoxy) is 1. The third-order valence-corrected chi connectivity index (χ3v) is 5.56. The Hall–Kier alpha value is -2.90. The molecule has 0 bridgehead atoms. The second-order valence-electron chi connectivity index (χ2n) is 7.75. The van der Waals surface area contributed by atoms with E-state index in [1.807, 2.05) is 30.3 Å². The van der Waals surface area contributed by atoms with Gasteiger partial charge in [-0.25, -0.2) is 0 Å². The number of rotatable bonds is 9. The summed E-state index contributed by atoms with van der Waals surface area (Å²) in [4.78, 5) is 19.2. The number of guanidine groups is 1. The third-order valence-electron chi connectivity index (χ3n) is 5.56. The molecule has 0 aromatic heterocycles. The van der Waals surface area contributed by atoms with Crippen LogP contribution in [-0.2, 0) is 11.2 Å². The highest BCUT2D eigenvalue weighted by Gasteiger charge is 2.22. The van der Waals surface area contributed by atoms with Crippen molar-refractivity contribution in [3.05, 3.63) is 71.3 Å². The maximum atomic E-state index is 11.9. The standard InChI is InChI=1S/C25H35N5O2/c1-3-27-25(28-13-12-20-8-7-11-22(18-20)24(31)26-2)29-19-23(21-9-5-4-6-10-21)30-14-16-32-17-15-30/h4-11,18,23H,3,12-17,19H2,1-2H3,(H,26,31)(H2,27,28,29). The van der Waals surface area contributed by atoms with E-state index >= 15 is 0 Å². The van der Waals surface area contributed by atoms with Crippen LogP contribution in [0, 0.1) is 0 Å². The van der Waals surface area contributed by atoms with E-state index in [1.165, 1.54) is 5.56 Å². The molecule has 7 nitrogen and oxygen atoms in total. The number of carbonyl (C=O) groups is 1. The summed E-state index contributed by atoms with van der Waals surface area (Å²) in [6.07, 6.45) is 0.806.